The van der Waals surface area contributed by atoms with E-state index in [1.807, 2.05) is 18.2 Å². The Morgan fingerprint density at radius 3 is 1.97 bits per heavy atom. The molecule has 0 aliphatic carbocycles. The van der Waals surface area contributed by atoms with Crippen molar-refractivity contribution in [3.63, 3.8) is 0 Å². The molecule has 0 unspecified atom stereocenters. The molecule has 6 heteroatoms. The molecular weight excluding hydrogens is 459 g/mol. The average Bonchev–Trinajstić information content (AvgIpc) is 2.82. The van der Waals surface area contributed by atoms with Crippen LogP contribution in [0.5, 0.6) is 5.75 Å². The van der Waals surface area contributed by atoms with Crippen LogP contribution in [0.3, 0.4) is 0 Å². The highest BCUT2D eigenvalue weighted by Crippen LogP contribution is 2.40. The Morgan fingerprint density at radius 1 is 0.788 bits per heavy atom. The second-order valence-electron chi connectivity index (χ2n) is 8.50. The molecule has 33 heavy (non-hydrogen) atoms. The smallest absolute Gasteiger partial charge is 0.328 e. The maximum absolute atomic E-state index is 13.3. The van der Waals surface area contributed by atoms with Gasteiger partial charge in [0.05, 0.1) is 16.7 Å². The number of ether oxygens (including phenoxy) is 2. The summed E-state index contributed by atoms with van der Waals surface area (Å²) < 4.78 is 11.3. The van der Waals surface area contributed by atoms with E-state index in [2.05, 4.69) is 6.92 Å². The van der Waals surface area contributed by atoms with E-state index >= 15 is 0 Å². The molecular formula is C27H36Cl2O4. The summed E-state index contributed by atoms with van der Waals surface area (Å²) in [6.07, 6.45) is 9.81. The van der Waals surface area contributed by atoms with Crippen LogP contribution in [0.25, 0.3) is 10.8 Å². The Bertz CT molecular complexity index is 922. The van der Waals surface area contributed by atoms with Crippen molar-refractivity contribution in [3.8, 4) is 5.75 Å². The highest BCUT2D eigenvalue weighted by Gasteiger charge is 2.46. The lowest BCUT2D eigenvalue weighted by molar-refractivity contribution is -0.168. The van der Waals surface area contributed by atoms with E-state index in [1.165, 1.54) is 32.1 Å². The normalized spacial score (nSPS) is 11.5. The molecule has 0 saturated carbocycles. The third kappa shape index (κ3) is 7.10. The monoisotopic (exact) mass is 494 g/mol. The summed E-state index contributed by atoms with van der Waals surface area (Å²) in [7, 11) is 0. The van der Waals surface area contributed by atoms with E-state index in [9.17, 15) is 9.59 Å². The number of unbranched alkanes of at least 4 members (excludes halogenated alkanes) is 7. The topological polar surface area (TPSA) is 52.6 Å². The van der Waals surface area contributed by atoms with Gasteiger partial charge in [0, 0.05) is 10.8 Å². The van der Waals surface area contributed by atoms with Crippen molar-refractivity contribution in [1.29, 1.82) is 0 Å². The zero-order valence-corrected chi connectivity index (χ0v) is 21.6. The zero-order chi connectivity index (χ0) is 24.3. The molecule has 0 amide bonds. The number of halogens is 2. The second-order valence-corrected chi connectivity index (χ2v) is 9.32. The van der Waals surface area contributed by atoms with E-state index in [-0.39, 0.29) is 23.6 Å². The van der Waals surface area contributed by atoms with E-state index in [0.29, 0.717) is 17.0 Å². The van der Waals surface area contributed by atoms with Gasteiger partial charge < -0.3 is 9.47 Å². The van der Waals surface area contributed by atoms with E-state index in [0.717, 1.165) is 24.6 Å². The summed E-state index contributed by atoms with van der Waals surface area (Å²) in [6, 6.07) is 8.83. The third-order valence-electron chi connectivity index (χ3n) is 6.31. The fourth-order valence-electron chi connectivity index (χ4n) is 4.02. The fraction of sp³-hybridized carbons (Fsp3) is 0.556. The van der Waals surface area contributed by atoms with Gasteiger partial charge >= 0.3 is 11.9 Å². The van der Waals surface area contributed by atoms with Crippen LogP contribution in [0.4, 0.5) is 0 Å². The van der Waals surface area contributed by atoms with E-state index in [4.69, 9.17) is 32.7 Å². The molecule has 2 aromatic rings. The van der Waals surface area contributed by atoms with Crippen molar-refractivity contribution in [2.24, 2.45) is 5.41 Å². The molecule has 0 atom stereocenters. The first-order valence-electron chi connectivity index (χ1n) is 12.2. The highest BCUT2D eigenvalue weighted by atomic mass is 35.5. The van der Waals surface area contributed by atoms with Crippen LogP contribution in [-0.4, -0.2) is 18.5 Å². The average molecular weight is 495 g/mol. The molecule has 4 nitrogen and oxygen atoms in total. The van der Waals surface area contributed by atoms with E-state index in [1.54, 1.807) is 26.0 Å². The molecule has 0 radical (unpaired) electrons. The molecule has 0 bridgehead atoms. The van der Waals surface area contributed by atoms with Gasteiger partial charge in [0.2, 0.25) is 0 Å². The fourth-order valence-corrected chi connectivity index (χ4v) is 4.60. The van der Waals surface area contributed by atoms with E-state index < -0.39 is 17.4 Å². The molecule has 182 valence electrons. The first-order valence-corrected chi connectivity index (χ1v) is 12.9. The molecule has 0 aromatic heterocycles. The molecule has 0 aliphatic heterocycles. The summed E-state index contributed by atoms with van der Waals surface area (Å²) in [5.41, 5.74) is -1.37. The molecule has 2 aromatic carbocycles. The summed E-state index contributed by atoms with van der Waals surface area (Å²) >= 11 is 12.7. The Labute approximate surface area is 207 Å². The summed E-state index contributed by atoms with van der Waals surface area (Å²) in [4.78, 5) is 26.3. The van der Waals surface area contributed by atoms with Gasteiger partial charge in [-0.05, 0) is 25.3 Å². The highest BCUT2D eigenvalue weighted by molar-refractivity contribution is 6.40. The lowest BCUT2D eigenvalue weighted by atomic mass is 9.82. The SMILES string of the molecule is CCCCCCCCCCOC(=O)C(CC)(CC)C(=O)Oc1c(Cl)cc(Cl)c2ccccc12. The van der Waals surface area contributed by atoms with Crippen LogP contribution >= 0.6 is 23.2 Å². The molecule has 0 saturated heterocycles. The van der Waals surface area contributed by atoms with Crippen molar-refractivity contribution in [2.45, 2.75) is 85.0 Å². The van der Waals surface area contributed by atoms with Gasteiger partial charge in [0.1, 0.15) is 0 Å². The van der Waals surface area contributed by atoms with Crippen molar-refractivity contribution < 1.29 is 19.1 Å². The predicted octanol–water partition coefficient (Wildman–Crippen LogP) is 8.54. The van der Waals surface area contributed by atoms with Crippen LogP contribution in [0.1, 0.15) is 85.0 Å². The lowest BCUT2D eigenvalue weighted by Crippen LogP contribution is -2.42. The van der Waals surface area contributed by atoms with Gasteiger partial charge in [0.15, 0.2) is 11.2 Å². The standard InChI is InChI=1S/C27H36Cl2O4/c1-4-7-8-9-10-11-12-15-18-32-25(30)27(5-2,6-3)26(31)33-24-21-17-14-13-16-20(21)22(28)19-23(24)29/h13-14,16-17,19H,4-12,15,18H2,1-3H3. The number of esters is 2. The summed E-state index contributed by atoms with van der Waals surface area (Å²) in [6.45, 7) is 6.12. The summed E-state index contributed by atoms with van der Waals surface area (Å²) in [5.74, 6) is -0.971. The quantitative estimate of drug-likeness (QED) is 0.114. The minimum Gasteiger partial charge on any atom is -0.465 e. The third-order valence-corrected chi connectivity index (χ3v) is 6.91. The maximum Gasteiger partial charge on any atom is 0.328 e. The summed E-state index contributed by atoms with van der Waals surface area (Å²) in [5, 5.41) is 2.04. The van der Waals surface area contributed by atoms with Crippen molar-refractivity contribution in [2.75, 3.05) is 6.61 Å². The first-order chi connectivity index (χ1) is 15.9. The van der Waals surface area contributed by atoms with Crippen molar-refractivity contribution >= 4 is 45.9 Å². The largest absolute Gasteiger partial charge is 0.465 e. The zero-order valence-electron chi connectivity index (χ0n) is 20.1. The van der Waals surface area contributed by atoms with Crippen molar-refractivity contribution in [1.82, 2.24) is 0 Å². The Morgan fingerprint density at radius 2 is 1.36 bits per heavy atom. The number of hydrogen-bond acceptors (Lipinski definition) is 4. The Kier molecular flexibility index (Phi) is 11.5. The Hall–Kier alpha value is -1.78. The number of carbonyl (C=O) groups excluding carboxylic acids is 2. The number of hydrogen-bond donors (Lipinski definition) is 0. The van der Waals surface area contributed by atoms with Crippen LogP contribution < -0.4 is 4.74 Å². The Balaban J connectivity index is 2.01. The van der Waals surface area contributed by atoms with Gasteiger partial charge in [-0.1, -0.05) is 113 Å². The van der Waals surface area contributed by atoms with Crippen LogP contribution in [0.2, 0.25) is 10.0 Å². The van der Waals surface area contributed by atoms with Gasteiger partial charge in [-0.3, -0.25) is 9.59 Å². The van der Waals surface area contributed by atoms with Gasteiger partial charge in [-0.2, -0.15) is 0 Å². The lowest BCUT2D eigenvalue weighted by Gasteiger charge is -2.27. The van der Waals surface area contributed by atoms with Gasteiger partial charge in [-0.15, -0.1) is 0 Å². The molecule has 0 N–H and O–H groups in total. The van der Waals surface area contributed by atoms with Gasteiger partial charge in [0.25, 0.3) is 0 Å². The predicted molar refractivity (Wildman–Crippen MR) is 136 cm³/mol. The molecule has 0 spiro atoms. The molecule has 0 fully saturated rings. The second kappa shape index (κ2) is 13.8. The number of carbonyl (C=O) groups is 2. The van der Waals surface area contributed by atoms with Crippen LogP contribution in [-0.2, 0) is 14.3 Å². The molecule has 0 aliphatic rings. The molecule has 0 heterocycles. The number of fused-ring (bicyclic) bond motifs is 1. The molecule has 2 rings (SSSR count). The maximum atomic E-state index is 13.3. The first kappa shape index (κ1) is 27.5. The van der Waals surface area contributed by atoms with Crippen LogP contribution in [0, 0.1) is 5.41 Å². The van der Waals surface area contributed by atoms with Gasteiger partial charge in [-0.25, -0.2) is 0 Å². The number of benzene rings is 2. The van der Waals surface area contributed by atoms with Crippen LogP contribution in [0.15, 0.2) is 30.3 Å². The minimum absolute atomic E-state index is 0.212. The minimum atomic E-state index is -1.37. The number of rotatable bonds is 14. The van der Waals surface area contributed by atoms with Crippen molar-refractivity contribution in [3.05, 3.63) is 40.4 Å².